The van der Waals surface area contributed by atoms with Crippen LogP contribution in [-0.2, 0) is 4.79 Å². The molecule has 13 heavy (non-hydrogen) atoms. The van der Waals surface area contributed by atoms with Gasteiger partial charge in [0.1, 0.15) is 0 Å². The van der Waals surface area contributed by atoms with Crippen molar-refractivity contribution in [2.75, 3.05) is 0 Å². The maximum Gasteiger partial charge on any atom is 0.259 e. The van der Waals surface area contributed by atoms with Crippen LogP contribution in [0.3, 0.4) is 0 Å². The number of nitrogens with zero attached hydrogens (tertiary/aromatic N) is 4. The number of halogens is 2. The lowest BCUT2D eigenvalue weighted by Gasteiger charge is -1.92. The van der Waals surface area contributed by atoms with Crippen molar-refractivity contribution in [1.29, 1.82) is 0 Å². The normalized spacial score (nSPS) is 10.6. The van der Waals surface area contributed by atoms with Crippen LogP contribution in [0.15, 0.2) is 4.99 Å². The minimum Gasteiger partial charge on any atom is -0.365 e. The summed E-state index contributed by atoms with van der Waals surface area (Å²) < 4.78 is 0. The molecule has 6 nitrogen and oxygen atoms in total. The van der Waals surface area contributed by atoms with E-state index in [2.05, 4.69) is 19.9 Å². The Labute approximate surface area is 82.8 Å². The lowest BCUT2D eigenvalue weighted by Crippen LogP contribution is -2.11. The minimum atomic E-state index is -0.715. The number of rotatable bonds is 2. The number of carbonyl (C=O) groups is 1. The molecule has 2 N–H and O–H groups in total. The van der Waals surface area contributed by atoms with E-state index in [-0.39, 0.29) is 16.5 Å². The zero-order valence-electron chi connectivity index (χ0n) is 6.11. The van der Waals surface area contributed by atoms with E-state index in [4.69, 9.17) is 28.9 Å². The van der Waals surface area contributed by atoms with Gasteiger partial charge in [0.05, 0.1) is 6.21 Å². The van der Waals surface area contributed by atoms with Crippen molar-refractivity contribution in [3.05, 3.63) is 10.6 Å². The van der Waals surface area contributed by atoms with Crippen LogP contribution in [-0.4, -0.2) is 27.1 Å². The molecule has 1 aromatic rings. The van der Waals surface area contributed by atoms with Crippen molar-refractivity contribution < 1.29 is 4.79 Å². The van der Waals surface area contributed by atoms with E-state index in [0.29, 0.717) is 0 Å². The number of aliphatic imine (C=N–C) groups is 1. The Hall–Kier alpha value is -1.27. The van der Waals surface area contributed by atoms with E-state index >= 15 is 0 Å². The molecule has 1 heterocycles. The van der Waals surface area contributed by atoms with Gasteiger partial charge < -0.3 is 5.73 Å². The van der Waals surface area contributed by atoms with E-state index in [1.165, 1.54) is 0 Å². The summed E-state index contributed by atoms with van der Waals surface area (Å²) in [4.78, 5) is 24.4. The Morgan fingerprint density at radius 1 is 1.31 bits per heavy atom. The van der Waals surface area contributed by atoms with Gasteiger partial charge in [0.2, 0.25) is 10.6 Å². The molecule has 0 aromatic carbocycles. The predicted octanol–water partition coefficient (Wildman–Crippen LogP) is 0.366. The molecule has 0 radical (unpaired) electrons. The first-order chi connectivity index (χ1) is 6.08. The second-order valence-electron chi connectivity index (χ2n) is 1.83. The van der Waals surface area contributed by atoms with Gasteiger partial charge in [0.15, 0.2) is 0 Å². The highest BCUT2D eigenvalue weighted by Crippen LogP contribution is 2.10. The molecule has 0 atom stereocenters. The number of amides is 1. The molecule has 1 aromatic heterocycles. The van der Waals surface area contributed by atoms with Crippen molar-refractivity contribution in [3.63, 3.8) is 0 Å². The molecule has 8 heteroatoms. The number of nitrogens with two attached hydrogens (primary N) is 1. The maximum absolute atomic E-state index is 10.3. The summed E-state index contributed by atoms with van der Waals surface area (Å²) in [5.41, 5.74) is 4.79. The number of primary amides is 1. The average molecular weight is 220 g/mol. The molecule has 0 aliphatic heterocycles. The van der Waals surface area contributed by atoms with Crippen LogP contribution in [0.25, 0.3) is 0 Å². The molecule has 1 amide bonds. The topological polar surface area (TPSA) is 94.1 Å². The molecule has 0 bridgehead atoms. The lowest BCUT2D eigenvalue weighted by atomic mass is 10.7. The number of aromatic nitrogens is 3. The summed E-state index contributed by atoms with van der Waals surface area (Å²) in [6.07, 6.45) is 0.849. The standard InChI is InChI=1S/C5H3Cl2N5O/c6-3-10-4(7)12-5(11-3)9-1-2(8)13/h1H,(H2,8,13)/b9-1+. The average Bonchev–Trinajstić information content (AvgIpc) is 1.99. The summed E-state index contributed by atoms with van der Waals surface area (Å²) in [5.74, 6) is -0.781. The minimum absolute atomic E-state index is 0.0659. The summed E-state index contributed by atoms with van der Waals surface area (Å²) in [6.45, 7) is 0. The fourth-order valence-electron chi connectivity index (χ4n) is 0.495. The van der Waals surface area contributed by atoms with E-state index < -0.39 is 5.91 Å². The molecule has 0 aliphatic carbocycles. The van der Waals surface area contributed by atoms with Crippen LogP contribution < -0.4 is 5.73 Å². The molecule has 0 unspecified atom stereocenters. The molecular formula is C5H3Cl2N5O. The number of carbonyl (C=O) groups excluding carboxylic acids is 1. The lowest BCUT2D eigenvalue weighted by molar-refractivity contribution is -0.111. The monoisotopic (exact) mass is 219 g/mol. The van der Waals surface area contributed by atoms with Crippen LogP contribution >= 0.6 is 23.2 Å². The van der Waals surface area contributed by atoms with Gasteiger partial charge in [0.25, 0.3) is 11.9 Å². The smallest absolute Gasteiger partial charge is 0.259 e. The highest BCUT2D eigenvalue weighted by molar-refractivity contribution is 6.31. The molecule has 1 rings (SSSR count). The van der Waals surface area contributed by atoms with Crippen molar-refractivity contribution in [1.82, 2.24) is 15.0 Å². The Morgan fingerprint density at radius 2 is 1.85 bits per heavy atom. The summed E-state index contributed by atoms with van der Waals surface area (Å²) in [5, 5.41) is -0.201. The van der Waals surface area contributed by atoms with Gasteiger partial charge in [-0.3, -0.25) is 4.79 Å². The van der Waals surface area contributed by atoms with Crippen molar-refractivity contribution in [2.24, 2.45) is 10.7 Å². The van der Waals surface area contributed by atoms with Gasteiger partial charge in [-0.2, -0.15) is 15.0 Å². The van der Waals surface area contributed by atoms with Crippen molar-refractivity contribution in [3.8, 4) is 0 Å². The molecule has 68 valence electrons. The zero-order valence-corrected chi connectivity index (χ0v) is 7.62. The number of hydrogen-bond donors (Lipinski definition) is 1. The fraction of sp³-hybridized carbons (Fsp3) is 0. The second-order valence-corrected chi connectivity index (χ2v) is 2.51. The summed E-state index contributed by atoms with van der Waals surface area (Å²) in [7, 11) is 0. The summed E-state index contributed by atoms with van der Waals surface area (Å²) >= 11 is 10.9. The van der Waals surface area contributed by atoms with Crippen LogP contribution in [0.2, 0.25) is 10.6 Å². The first kappa shape index (κ1) is 9.82. The molecular weight excluding hydrogens is 217 g/mol. The van der Waals surface area contributed by atoms with Gasteiger partial charge in [-0.1, -0.05) is 0 Å². The van der Waals surface area contributed by atoms with Gasteiger partial charge in [-0.25, -0.2) is 4.99 Å². The van der Waals surface area contributed by atoms with Gasteiger partial charge in [-0.15, -0.1) is 0 Å². The third-order valence-corrected chi connectivity index (χ3v) is 1.21. The molecule has 0 saturated carbocycles. The van der Waals surface area contributed by atoms with Gasteiger partial charge in [-0.05, 0) is 23.2 Å². The fourth-order valence-corrected chi connectivity index (χ4v) is 0.850. The van der Waals surface area contributed by atoms with Crippen molar-refractivity contribution >= 4 is 41.3 Å². The van der Waals surface area contributed by atoms with Gasteiger partial charge in [0, 0.05) is 0 Å². The Balaban J connectivity index is 2.95. The third kappa shape index (κ3) is 3.30. The van der Waals surface area contributed by atoms with Crippen LogP contribution in [0.1, 0.15) is 0 Å². The largest absolute Gasteiger partial charge is 0.365 e. The van der Waals surface area contributed by atoms with E-state index in [1.807, 2.05) is 0 Å². The number of hydrogen-bond acceptors (Lipinski definition) is 5. The SMILES string of the molecule is NC(=O)/C=N/c1nc(Cl)nc(Cl)n1. The highest BCUT2D eigenvalue weighted by Gasteiger charge is 2.00. The summed E-state index contributed by atoms with van der Waals surface area (Å²) in [6, 6.07) is 0. The van der Waals surface area contributed by atoms with Crippen LogP contribution in [0.5, 0.6) is 0 Å². The quantitative estimate of drug-likeness (QED) is 0.728. The van der Waals surface area contributed by atoms with E-state index in [1.54, 1.807) is 0 Å². The predicted molar refractivity (Wildman–Crippen MR) is 47.2 cm³/mol. The van der Waals surface area contributed by atoms with E-state index in [9.17, 15) is 4.79 Å². The molecule has 0 fully saturated rings. The molecule has 0 aliphatic rings. The Kier molecular flexibility index (Phi) is 3.10. The van der Waals surface area contributed by atoms with Crippen molar-refractivity contribution in [2.45, 2.75) is 0 Å². The highest BCUT2D eigenvalue weighted by atomic mass is 35.5. The van der Waals surface area contributed by atoms with Crippen LogP contribution in [0.4, 0.5) is 5.95 Å². The molecule has 0 spiro atoms. The Morgan fingerprint density at radius 3 is 2.31 bits per heavy atom. The molecule has 0 saturated heterocycles. The van der Waals surface area contributed by atoms with Crippen LogP contribution in [0, 0.1) is 0 Å². The van der Waals surface area contributed by atoms with E-state index in [0.717, 1.165) is 6.21 Å². The Bertz CT molecular complexity index is 346. The first-order valence-electron chi connectivity index (χ1n) is 2.98. The van der Waals surface area contributed by atoms with Gasteiger partial charge >= 0.3 is 0 Å². The first-order valence-corrected chi connectivity index (χ1v) is 3.74. The second kappa shape index (κ2) is 4.11. The maximum atomic E-state index is 10.3. The zero-order chi connectivity index (χ0) is 9.84. The third-order valence-electron chi connectivity index (χ3n) is 0.876.